The third-order valence-electron chi connectivity index (χ3n) is 3.82. The lowest BCUT2D eigenvalue weighted by atomic mass is 10.2. The zero-order valence-electron chi connectivity index (χ0n) is 15.4. The Labute approximate surface area is 163 Å². The van der Waals surface area contributed by atoms with Crippen LogP contribution < -0.4 is 15.4 Å². The van der Waals surface area contributed by atoms with Gasteiger partial charge in [0.15, 0.2) is 0 Å². The van der Waals surface area contributed by atoms with Crippen molar-refractivity contribution in [3.63, 3.8) is 0 Å². The third-order valence-corrected chi connectivity index (χ3v) is 5.22. The molecule has 0 aliphatic carbocycles. The Balaban J connectivity index is 1.68. The molecule has 0 atom stereocenters. The van der Waals surface area contributed by atoms with Crippen LogP contribution in [0.3, 0.4) is 0 Å². The van der Waals surface area contributed by atoms with E-state index in [9.17, 15) is 13.2 Å². The van der Waals surface area contributed by atoms with Gasteiger partial charge in [-0.3, -0.25) is 9.52 Å². The number of amides is 1. The number of aryl methyl sites for hydroxylation is 1. The van der Waals surface area contributed by atoms with Crippen LogP contribution in [0, 0.1) is 6.92 Å². The van der Waals surface area contributed by atoms with Crippen LogP contribution in [-0.4, -0.2) is 19.3 Å². The van der Waals surface area contributed by atoms with Crippen LogP contribution in [0.2, 0.25) is 0 Å². The predicted octanol–water partition coefficient (Wildman–Crippen LogP) is 3.89. The molecule has 144 valence electrons. The second-order valence-electron chi connectivity index (χ2n) is 6.23. The molecule has 0 saturated carbocycles. The minimum absolute atomic E-state index is 0.0865. The molecule has 2 aromatic carbocycles. The molecular weight excluding hydrogens is 376 g/mol. The van der Waals surface area contributed by atoms with E-state index in [2.05, 4.69) is 20.3 Å². The number of hydrogen-bond donors (Lipinski definition) is 3. The van der Waals surface area contributed by atoms with Gasteiger partial charge in [0, 0.05) is 18.3 Å². The van der Waals surface area contributed by atoms with E-state index in [-0.39, 0.29) is 10.8 Å². The number of anilines is 4. The van der Waals surface area contributed by atoms with Gasteiger partial charge in [-0.25, -0.2) is 13.4 Å². The number of carbonyl (C=O) groups excluding carboxylic acids is 1. The Morgan fingerprint density at radius 2 is 1.46 bits per heavy atom. The minimum atomic E-state index is -3.76. The van der Waals surface area contributed by atoms with Gasteiger partial charge in [0.2, 0.25) is 5.91 Å². The Hall–Kier alpha value is -3.39. The van der Waals surface area contributed by atoms with E-state index in [1.54, 1.807) is 12.1 Å². The lowest BCUT2D eigenvalue weighted by molar-refractivity contribution is -0.114. The standard InChI is InChI=1S/C20H20N4O3S/c1-14-3-5-17(6-4-14)23-20-12-9-18(13-21-20)24-28(26,27)19-10-7-16(8-11-19)22-15(2)25/h3-13,24H,1-2H3,(H,21,23)(H,22,25). The number of carbonyl (C=O) groups is 1. The fraction of sp³-hybridized carbons (Fsp3) is 0.100. The van der Waals surface area contributed by atoms with Crippen molar-refractivity contribution < 1.29 is 13.2 Å². The third kappa shape index (κ3) is 5.08. The van der Waals surface area contributed by atoms with Crippen LogP contribution in [-0.2, 0) is 14.8 Å². The van der Waals surface area contributed by atoms with Gasteiger partial charge in [0.25, 0.3) is 10.0 Å². The summed E-state index contributed by atoms with van der Waals surface area (Å²) in [7, 11) is -3.76. The molecule has 0 aliphatic rings. The van der Waals surface area contributed by atoms with Crippen LogP contribution in [0.25, 0.3) is 0 Å². The molecule has 3 rings (SSSR count). The van der Waals surface area contributed by atoms with E-state index in [4.69, 9.17) is 0 Å². The van der Waals surface area contributed by atoms with Gasteiger partial charge in [0.1, 0.15) is 5.82 Å². The predicted molar refractivity (Wildman–Crippen MR) is 110 cm³/mol. The fourth-order valence-corrected chi connectivity index (χ4v) is 3.49. The average Bonchev–Trinajstić information content (AvgIpc) is 2.65. The van der Waals surface area contributed by atoms with Crippen molar-refractivity contribution >= 4 is 38.8 Å². The number of hydrogen-bond acceptors (Lipinski definition) is 5. The van der Waals surface area contributed by atoms with Crippen molar-refractivity contribution in [1.82, 2.24) is 4.98 Å². The zero-order valence-corrected chi connectivity index (χ0v) is 16.2. The van der Waals surface area contributed by atoms with Crippen LogP contribution in [0.1, 0.15) is 12.5 Å². The topological polar surface area (TPSA) is 100 Å². The van der Waals surface area contributed by atoms with Gasteiger partial charge in [-0.1, -0.05) is 17.7 Å². The summed E-state index contributed by atoms with van der Waals surface area (Å²) in [5.74, 6) is 0.380. The molecule has 0 spiro atoms. The quantitative estimate of drug-likeness (QED) is 0.587. The fourth-order valence-electron chi connectivity index (χ4n) is 2.45. The highest BCUT2D eigenvalue weighted by Crippen LogP contribution is 2.20. The molecule has 0 fully saturated rings. The Bertz CT molecular complexity index is 1060. The molecule has 0 unspecified atom stereocenters. The largest absolute Gasteiger partial charge is 0.340 e. The second-order valence-corrected chi connectivity index (χ2v) is 7.92. The van der Waals surface area contributed by atoms with Crippen LogP contribution in [0.5, 0.6) is 0 Å². The monoisotopic (exact) mass is 396 g/mol. The molecule has 3 N–H and O–H groups in total. The summed E-state index contributed by atoms with van der Waals surface area (Å²) < 4.78 is 27.5. The van der Waals surface area contributed by atoms with E-state index in [1.165, 1.54) is 37.4 Å². The molecule has 8 heteroatoms. The number of sulfonamides is 1. The molecule has 28 heavy (non-hydrogen) atoms. The highest BCUT2D eigenvalue weighted by Gasteiger charge is 2.14. The van der Waals surface area contributed by atoms with Crippen LogP contribution in [0.4, 0.5) is 22.9 Å². The number of pyridine rings is 1. The Morgan fingerprint density at radius 1 is 0.857 bits per heavy atom. The first-order chi connectivity index (χ1) is 13.3. The summed E-state index contributed by atoms with van der Waals surface area (Å²) in [6, 6.07) is 17.1. The number of nitrogens with one attached hydrogen (secondary N) is 3. The van der Waals surface area contributed by atoms with E-state index in [0.717, 1.165) is 11.3 Å². The summed E-state index contributed by atoms with van der Waals surface area (Å²) in [6.07, 6.45) is 1.44. The van der Waals surface area contributed by atoms with Gasteiger partial charge in [-0.2, -0.15) is 0 Å². The van der Waals surface area contributed by atoms with Crippen molar-refractivity contribution in [3.05, 3.63) is 72.4 Å². The van der Waals surface area contributed by atoms with E-state index in [1.807, 2.05) is 31.2 Å². The highest BCUT2D eigenvalue weighted by molar-refractivity contribution is 7.92. The maximum atomic E-state index is 12.5. The minimum Gasteiger partial charge on any atom is -0.340 e. The van der Waals surface area contributed by atoms with Crippen molar-refractivity contribution in [1.29, 1.82) is 0 Å². The molecule has 1 aromatic heterocycles. The maximum absolute atomic E-state index is 12.5. The first-order valence-electron chi connectivity index (χ1n) is 8.52. The van der Waals surface area contributed by atoms with Crippen LogP contribution in [0.15, 0.2) is 71.8 Å². The first-order valence-corrected chi connectivity index (χ1v) is 10.0. The zero-order chi connectivity index (χ0) is 20.1. The molecule has 1 heterocycles. The molecule has 1 amide bonds. The van der Waals surface area contributed by atoms with Crippen molar-refractivity contribution in [2.45, 2.75) is 18.7 Å². The summed E-state index contributed by atoms with van der Waals surface area (Å²) in [5.41, 5.74) is 2.93. The van der Waals surface area contributed by atoms with Gasteiger partial charge in [-0.15, -0.1) is 0 Å². The van der Waals surface area contributed by atoms with Gasteiger partial charge in [0.05, 0.1) is 16.8 Å². The number of benzene rings is 2. The average molecular weight is 396 g/mol. The van der Waals surface area contributed by atoms with Crippen molar-refractivity contribution in [3.8, 4) is 0 Å². The Kier molecular flexibility index (Phi) is 5.60. The van der Waals surface area contributed by atoms with Crippen molar-refractivity contribution in [2.75, 3.05) is 15.4 Å². The molecule has 0 saturated heterocycles. The smallest absolute Gasteiger partial charge is 0.261 e. The van der Waals surface area contributed by atoms with Crippen LogP contribution >= 0.6 is 0 Å². The summed E-state index contributed by atoms with van der Waals surface area (Å²) in [5, 5.41) is 5.74. The van der Waals surface area contributed by atoms with Gasteiger partial charge >= 0.3 is 0 Å². The molecule has 0 radical (unpaired) electrons. The molecule has 3 aromatic rings. The molecule has 0 aliphatic heterocycles. The Morgan fingerprint density at radius 3 is 2.04 bits per heavy atom. The van der Waals surface area contributed by atoms with Gasteiger partial charge < -0.3 is 10.6 Å². The molecule has 0 bridgehead atoms. The SMILES string of the molecule is CC(=O)Nc1ccc(S(=O)(=O)Nc2ccc(Nc3ccc(C)cc3)nc2)cc1. The molecular formula is C20H20N4O3S. The lowest BCUT2D eigenvalue weighted by Gasteiger charge is -2.10. The first kappa shape index (κ1) is 19.4. The maximum Gasteiger partial charge on any atom is 0.261 e. The summed E-state index contributed by atoms with van der Waals surface area (Å²) >= 11 is 0. The molecule has 7 nitrogen and oxygen atoms in total. The highest BCUT2D eigenvalue weighted by atomic mass is 32.2. The summed E-state index contributed by atoms with van der Waals surface area (Å²) in [4.78, 5) is 15.4. The van der Waals surface area contributed by atoms with E-state index in [0.29, 0.717) is 17.2 Å². The van der Waals surface area contributed by atoms with E-state index < -0.39 is 10.0 Å². The lowest BCUT2D eigenvalue weighted by Crippen LogP contribution is -2.13. The normalized spacial score (nSPS) is 10.9. The summed E-state index contributed by atoms with van der Waals surface area (Å²) in [6.45, 7) is 3.40. The number of rotatable bonds is 6. The number of nitrogens with zero attached hydrogens (tertiary/aromatic N) is 1. The van der Waals surface area contributed by atoms with Crippen molar-refractivity contribution in [2.24, 2.45) is 0 Å². The van der Waals surface area contributed by atoms with E-state index >= 15 is 0 Å². The van der Waals surface area contributed by atoms with Gasteiger partial charge in [-0.05, 0) is 55.5 Å². The number of aromatic nitrogens is 1. The second kappa shape index (κ2) is 8.10.